The third kappa shape index (κ3) is 4.44. The molecule has 112 valence electrons. The number of likely N-dealkylation sites (N-methyl/N-ethyl adjacent to an activating group) is 1. The van der Waals surface area contributed by atoms with Crippen molar-refractivity contribution in [3.63, 3.8) is 0 Å². The summed E-state index contributed by atoms with van der Waals surface area (Å²) in [7, 11) is 1.84. The molecule has 0 amide bonds. The number of hydrogen-bond acceptors (Lipinski definition) is 5. The Morgan fingerprint density at radius 2 is 2.10 bits per heavy atom. The lowest BCUT2D eigenvalue weighted by molar-refractivity contribution is -0.393. The van der Waals surface area contributed by atoms with Gasteiger partial charge in [-0.15, -0.1) is 4.68 Å². The molecule has 1 heterocycles. The zero-order valence-electron chi connectivity index (χ0n) is 11.5. The van der Waals surface area contributed by atoms with Crippen LogP contribution in [0.4, 0.5) is 5.82 Å². The second kappa shape index (κ2) is 7.05. The normalized spacial score (nSPS) is 10.8. The van der Waals surface area contributed by atoms with Crippen LogP contribution in [0.2, 0.25) is 5.02 Å². The van der Waals surface area contributed by atoms with Crippen molar-refractivity contribution >= 4 is 17.4 Å². The quantitative estimate of drug-likeness (QED) is 0.580. The Balaban J connectivity index is 1.79. The minimum atomic E-state index is -0.453. The van der Waals surface area contributed by atoms with Gasteiger partial charge in [0, 0.05) is 11.6 Å². The molecule has 0 aliphatic heterocycles. The van der Waals surface area contributed by atoms with Crippen molar-refractivity contribution < 1.29 is 9.66 Å². The Bertz CT molecular complexity index is 600. The van der Waals surface area contributed by atoms with Gasteiger partial charge in [0.2, 0.25) is 0 Å². The van der Waals surface area contributed by atoms with Crippen LogP contribution in [-0.2, 0) is 6.67 Å². The summed E-state index contributed by atoms with van der Waals surface area (Å²) in [6.07, 6.45) is 1.41. The largest absolute Gasteiger partial charge is 0.492 e. The van der Waals surface area contributed by atoms with Crippen LogP contribution in [0.3, 0.4) is 0 Å². The molecule has 0 atom stereocenters. The Morgan fingerprint density at radius 1 is 1.38 bits per heavy atom. The zero-order chi connectivity index (χ0) is 15.2. The van der Waals surface area contributed by atoms with E-state index in [1.807, 2.05) is 11.9 Å². The van der Waals surface area contributed by atoms with Crippen molar-refractivity contribution in [2.45, 2.75) is 6.67 Å². The number of hydrogen-bond donors (Lipinski definition) is 0. The number of benzene rings is 1. The molecule has 0 saturated carbocycles. The van der Waals surface area contributed by atoms with Gasteiger partial charge < -0.3 is 14.9 Å². The fourth-order valence-corrected chi connectivity index (χ4v) is 1.87. The van der Waals surface area contributed by atoms with E-state index >= 15 is 0 Å². The molecule has 0 N–H and O–H groups in total. The molecule has 0 bridgehead atoms. The second-order valence-electron chi connectivity index (χ2n) is 4.47. The minimum absolute atomic E-state index is 0.0273. The van der Waals surface area contributed by atoms with Crippen molar-refractivity contribution in [2.75, 3.05) is 20.2 Å². The van der Waals surface area contributed by atoms with Crippen molar-refractivity contribution in [2.24, 2.45) is 0 Å². The molecular formula is C13H15ClN4O3. The predicted molar refractivity (Wildman–Crippen MR) is 78.5 cm³/mol. The Labute approximate surface area is 126 Å². The Hall–Kier alpha value is -2.12. The van der Waals surface area contributed by atoms with E-state index in [1.54, 1.807) is 24.3 Å². The van der Waals surface area contributed by atoms with Crippen molar-refractivity contribution in [3.8, 4) is 5.75 Å². The molecule has 0 unspecified atom stereocenters. The van der Waals surface area contributed by atoms with Gasteiger partial charge >= 0.3 is 5.82 Å². The van der Waals surface area contributed by atoms with Crippen LogP contribution in [0.5, 0.6) is 5.75 Å². The fraction of sp³-hybridized carbons (Fsp3) is 0.308. The standard InChI is InChI=1S/C13H15ClN4O3/c1-16(10-17-13(18(19)20)6-7-15-17)8-9-21-12-4-2-11(14)3-5-12/h2-7H,8-10H2,1H3. The molecule has 8 heteroatoms. The highest BCUT2D eigenvalue weighted by Crippen LogP contribution is 2.15. The number of nitrogens with zero attached hydrogens (tertiary/aromatic N) is 4. The highest BCUT2D eigenvalue weighted by Gasteiger charge is 2.15. The summed E-state index contributed by atoms with van der Waals surface area (Å²) in [4.78, 5) is 12.2. The van der Waals surface area contributed by atoms with Gasteiger partial charge in [0.1, 0.15) is 12.4 Å². The van der Waals surface area contributed by atoms with E-state index in [4.69, 9.17) is 16.3 Å². The lowest BCUT2D eigenvalue weighted by Crippen LogP contribution is -2.27. The molecule has 0 fully saturated rings. The maximum Gasteiger partial charge on any atom is 0.346 e. The summed E-state index contributed by atoms with van der Waals surface area (Å²) < 4.78 is 6.90. The summed E-state index contributed by atoms with van der Waals surface area (Å²) >= 11 is 5.79. The molecule has 0 spiro atoms. The maximum atomic E-state index is 10.8. The second-order valence-corrected chi connectivity index (χ2v) is 4.91. The van der Waals surface area contributed by atoms with Crippen LogP contribution in [0.1, 0.15) is 0 Å². The Morgan fingerprint density at radius 3 is 2.76 bits per heavy atom. The molecule has 2 aromatic rings. The molecule has 0 radical (unpaired) electrons. The predicted octanol–water partition coefficient (Wildman–Crippen LogP) is 2.41. The van der Waals surface area contributed by atoms with Crippen molar-refractivity contribution in [1.82, 2.24) is 14.7 Å². The van der Waals surface area contributed by atoms with Crippen LogP contribution < -0.4 is 4.74 Å². The van der Waals surface area contributed by atoms with E-state index in [-0.39, 0.29) is 5.82 Å². The van der Waals surface area contributed by atoms with Crippen LogP contribution in [0.15, 0.2) is 36.5 Å². The van der Waals surface area contributed by atoms with E-state index in [1.165, 1.54) is 16.9 Å². The molecule has 1 aromatic heterocycles. The number of rotatable bonds is 7. The maximum absolute atomic E-state index is 10.8. The van der Waals surface area contributed by atoms with Gasteiger partial charge in [-0.25, -0.2) is 0 Å². The van der Waals surface area contributed by atoms with Crippen LogP contribution in [0, 0.1) is 10.1 Å². The molecule has 7 nitrogen and oxygen atoms in total. The van der Waals surface area contributed by atoms with E-state index in [0.717, 1.165) is 5.75 Å². The minimum Gasteiger partial charge on any atom is -0.492 e. The lowest BCUT2D eigenvalue weighted by Gasteiger charge is -2.14. The van der Waals surface area contributed by atoms with Gasteiger partial charge in [-0.2, -0.15) is 0 Å². The highest BCUT2D eigenvalue weighted by atomic mass is 35.5. The van der Waals surface area contributed by atoms with Crippen LogP contribution in [0.25, 0.3) is 0 Å². The van der Waals surface area contributed by atoms with E-state index in [9.17, 15) is 10.1 Å². The molecule has 1 aromatic carbocycles. The van der Waals surface area contributed by atoms with Crippen LogP contribution >= 0.6 is 11.6 Å². The summed E-state index contributed by atoms with van der Waals surface area (Å²) in [6.45, 7) is 1.40. The van der Waals surface area contributed by atoms with Crippen molar-refractivity contribution in [3.05, 3.63) is 51.7 Å². The molecule has 0 aliphatic rings. The van der Waals surface area contributed by atoms with Gasteiger partial charge in [0.05, 0.1) is 12.3 Å². The lowest BCUT2D eigenvalue weighted by atomic mass is 10.3. The summed E-state index contributed by atoms with van der Waals surface area (Å²) in [6, 6.07) is 8.47. The highest BCUT2D eigenvalue weighted by molar-refractivity contribution is 6.30. The number of ether oxygens (including phenoxy) is 1. The smallest absolute Gasteiger partial charge is 0.346 e. The molecule has 0 aliphatic carbocycles. The summed E-state index contributed by atoms with van der Waals surface area (Å²) in [5.74, 6) is 0.707. The summed E-state index contributed by atoms with van der Waals surface area (Å²) in [5, 5.41) is 15.4. The monoisotopic (exact) mass is 310 g/mol. The Kier molecular flexibility index (Phi) is 5.13. The van der Waals surface area contributed by atoms with Crippen LogP contribution in [-0.4, -0.2) is 39.8 Å². The number of aromatic nitrogens is 2. The first-order valence-corrected chi connectivity index (χ1v) is 6.67. The first-order valence-electron chi connectivity index (χ1n) is 6.29. The number of nitro groups is 1. The average molecular weight is 311 g/mol. The SMILES string of the molecule is CN(CCOc1ccc(Cl)cc1)Cn1nccc1[N+](=O)[O-]. The van der Waals surface area contributed by atoms with Gasteiger partial charge in [0.15, 0.2) is 6.67 Å². The van der Waals surface area contributed by atoms with Crippen molar-refractivity contribution in [1.29, 1.82) is 0 Å². The van der Waals surface area contributed by atoms with E-state index in [0.29, 0.717) is 24.8 Å². The van der Waals surface area contributed by atoms with Gasteiger partial charge in [-0.3, -0.25) is 4.90 Å². The van der Waals surface area contributed by atoms with Gasteiger partial charge in [-0.05, 0) is 36.2 Å². The topological polar surface area (TPSA) is 73.4 Å². The third-order valence-corrected chi connectivity index (χ3v) is 3.06. The molecule has 2 rings (SSSR count). The first-order chi connectivity index (χ1) is 10.1. The molecule has 21 heavy (non-hydrogen) atoms. The van der Waals surface area contributed by atoms with Gasteiger partial charge in [0.25, 0.3) is 0 Å². The zero-order valence-corrected chi connectivity index (χ0v) is 12.2. The van der Waals surface area contributed by atoms with E-state index in [2.05, 4.69) is 5.10 Å². The average Bonchev–Trinajstić information content (AvgIpc) is 2.89. The summed E-state index contributed by atoms with van der Waals surface area (Å²) in [5.41, 5.74) is 0. The molecule has 0 saturated heterocycles. The van der Waals surface area contributed by atoms with Gasteiger partial charge in [-0.1, -0.05) is 16.7 Å². The number of halogens is 1. The molecular weight excluding hydrogens is 296 g/mol. The fourth-order valence-electron chi connectivity index (χ4n) is 1.74. The van der Waals surface area contributed by atoms with E-state index < -0.39 is 4.92 Å². The third-order valence-electron chi connectivity index (χ3n) is 2.81. The first kappa shape index (κ1) is 15.3.